The van der Waals surface area contributed by atoms with Crippen molar-refractivity contribution >= 4 is 6.03 Å². The first-order chi connectivity index (χ1) is 2.81. The minimum atomic E-state index is -0.852. The second-order valence-electron chi connectivity index (χ2n) is 0.606. The summed E-state index contributed by atoms with van der Waals surface area (Å²) in [4.78, 5) is 9.60. The Kier molecular flexibility index (Phi) is 48.0. The van der Waals surface area contributed by atoms with E-state index in [0.29, 0.717) is 0 Å². The molecule has 0 spiro atoms. The molecule has 0 rings (SSSR count). The Morgan fingerprint density at radius 2 is 1.78 bits per heavy atom. The molecule has 0 aliphatic heterocycles. The summed E-state index contributed by atoms with van der Waals surface area (Å²) in [5.74, 6) is 0. The Bertz CT molecular complexity index is 60.5. The average molecular weight is 345 g/mol. The van der Waals surface area contributed by atoms with Gasteiger partial charge in [0.05, 0.1) is 0 Å². The van der Waals surface area contributed by atoms with E-state index in [0.717, 1.165) is 0 Å². The van der Waals surface area contributed by atoms with Gasteiger partial charge in [0, 0.05) is 0 Å². The molecular formula is C2H5N2O2Rb3. The van der Waals surface area contributed by atoms with Crippen LogP contribution in [0.2, 0.25) is 0 Å². The molecule has 1 N–H and O–H groups in total. The minimum absolute atomic E-state index is 0. The monoisotopic (exact) mass is 344 g/mol. The molecule has 0 unspecified atom stereocenters. The van der Waals surface area contributed by atoms with Gasteiger partial charge in [-0.3, -0.25) is 0 Å². The van der Waals surface area contributed by atoms with Gasteiger partial charge in [-0.2, -0.15) is 0 Å². The minimum Gasteiger partial charge on any atom is -1.00 e. The molecule has 0 aromatic rings. The van der Waals surface area contributed by atoms with Gasteiger partial charge in [0.1, 0.15) is 0 Å². The van der Waals surface area contributed by atoms with Crippen molar-refractivity contribution < 1.29 is 186 Å². The van der Waals surface area contributed by atoms with Gasteiger partial charge in [0.25, 0.3) is 0 Å². The third kappa shape index (κ3) is 19.2. The summed E-state index contributed by atoms with van der Waals surface area (Å²) in [5, 5.41) is 10.5. The third-order valence-electron chi connectivity index (χ3n) is 0.277. The molecule has 4 nitrogen and oxygen atoms in total. The standard InChI is InChI=1S/C2H5N2O2.3Rb.H/c1-3-2(5)4-6;;;;/h1H3,(H2-,3,4,5,6);;;;/q-1;3*+1;-1/p-1. The summed E-state index contributed by atoms with van der Waals surface area (Å²) in [6.07, 6.45) is 0. The number of hydrogen-bond donors (Lipinski definition) is 1. The average Bonchev–Trinajstić information content (AvgIpc) is 1.65. The van der Waals surface area contributed by atoms with E-state index in [1.165, 1.54) is 7.05 Å². The van der Waals surface area contributed by atoms with E-state index in [2.05, 4.69) is 10.8 Å². The Morgan fingerprint density at radius 3 is 1.78 bits per heavy atom. The molecule has 0 aliphatic carbocycles. The second-order valence-corrected chi connectivity index (χ2v) is 0.606. The number of amides is 2. The van der Waals surface area contributed by atoms with Crippen molar-refractivity contribution in [1.29, 1.82) is 0 Å². The van der Waals surface area contributed by atoms with Crippen molar-refractivity contribution in [2.75, 3.05) is 7.05 Å². The Balaban J connectivity index is -0.0000000208. The van der Waals surface area contributed by atoms with Crippen molar-refractivity contribution in [3.8, 4) is 0 Å². The number of hydrogen-bond acceptors (Lipinski definition) is 2. The molecule has 0 saturated carbocycles. The van der Waals surface area contributed by atoms with E-state index < -0.39 is 6.03 Å². The molecule has 7 heteroatoms. The summed E-state index contributed by atoms with van der Waals surface area (Å²) < 4.78 is 0. The summed E-state index contributed by atoms with van der Waals surface area (Å²) in [5.41, 5.74) is 2.20. The summed E-state index contributed by atoms with van der Waals surface area (Å²) in [6, 6.07) is -0.852. The van der Waals surface area contributed by atoms with Crippen molar-refractivity contribution in [2.45, 2.75) is 0 Å². The first-order valence-electron chi connectivity index (χ1n) is 1.30. The Labute approximate surface area is 202 Å². The molecule has 38 valence electrons. The van der Waals surface area contributed by atoms with E-state index in [-0.39, 0.29) is 176 Å². The maximum atomic E-state index is 9.60. The number of rotatable bonds is 0. The van der Waals surface area contributed by atoms with Crippen LogP contribution in [0.25, 0.3) is 10.8 Å². The van der Waals surface area contributed by atoms with Gasteiger partial charge in [-0.05, 0) is 6.03 Å². The number of urea groups is 1. The third-order valence-corrected chi connectivity index (χ3v) is 0.277. The first kappa shape index (κ1) is 23.5. The fraction of sp³-hybridized carbons (Fsp3) is 0.500. The van der Waals surface area contributed by atoms with Crippen LogP contribution in [0.4, 0.5) is 4.79 Å². The first-order valence-corrected chi connectivity index (χ1v) is 1.30. The normalized spacial score (nSPS) is 4.67. The largest absolute Gasteiger partial charge is 1.00 e. The predicted molar refractivity (Wildman–Crippen MR) is 20.9 cm³/mol. The fourth-order valence-electron chi connectivity index (χ4n) is 0.0447. The van der Waals surface area contributed by atoms with E-state index >= 15 is 0 Å². The molecule has 0 fully saturated rings. The van der Waals surface area contributed by atoms with Crippen LogP contribution in [0, 0.1) is 0 Å². The van der Waals surface area contributed by atoms with Crippen LogP contribution >= 0.6 is 0 Å². The maximum Gasteiger partial charge on any atom is 1.00 e. The smallest absolute Gasteiger partial charge is 1.00 e. The zero-order valence-electron chi connectivity index (χ0n) is 7.25. The van der Waals surface area contributed by atoms with Gasteiger partial charge in [-0.15, -0.1) is 7.05 Å². The van der Waals surface area contributed by atoms with E-state index in [4.69, 9.17) is 5.21 Å². The van der Waals surface area contributed by atoms with Crippen LogP contribution in [0.5, 0.6) is 0 Å². The summed E-state index contributed by atoms with van der Waals surface area (Å²) in [6.45, 7) is 0. The zero-order chi connectivity index (χ0) is 4.99. The van der Waals surface area contributed by atoms with Gasteiger partial charge < -0.3 is 22.2 Å². The Morgan fingerprint density at radius 1 is 1.44 bits per heavy atom. The van der Waals surface area contributed by atoms with Crippen molar-refractivity contribution in [3.63, 3.8) is 0 Å². The van der Waals surface area contributed by atoms with Crippen LogP contribution in [0.1, 0.15) is 1.43 Å². The zero-order valence-corrected chi connectivity index (χ0v) is 21.0. The molecule has 0 aromatic carbocycles. The van der Waals surface area contributed by atoms with Gasteiger partial charge in [0.2, 0.25) is 0 Å². The Hall–Kier alpha value is 4.65. The van der Waals surface area contributed by atoms with Gasteiger partial charge in [-0.1, -0.05) is 0 Å². The number of nitrogens with zero attached hydrogens (tertiary/aromatic N) is 2. The second kappa shape index (κ2) is 18.4. The van der Waals surface area contributed by atoms with Gasteiger partial charge >= 0.3 is 175 Å². The van der Waals surface area contributed by atoms with Crippen LogP contribution in [-0.4, -0.2) is 18.3 Å². The van der Waals surface area contributed by atoms with Crippen LogP contribution in [0.3, 0.4) is 0 Å². The van der Waals surface area contributed by atoms with Crippen LogP contribution in [-0.2, 0) is 0 Å². The van der Waals surface area contributed by atoms with Crippen LogP contribution in [0.15, 0.2) is 0 Å². The maximum absolute atomic E-state index is 9.60. The molecule has 0 bridgehead atoms. The fourth-order valence-corrected chi connectivity index (χ4v) is 0.0447. The molecule has 0 saturated heterocycles. The molecule has 0 atom stereocenters. The van der Waals surface area contributed by atoms with Crippen molar-refractivity contribution in [1.82, 2.24) is 0 Å². The topological polar surface area (TPSA) is 65.5 Å². The molecular weight excluding hydrogens is 340 g/mol. The number of carbonyl (C=O) groups excluding carboxylic acids is 1. The summed E-state index contributed by atoms with van der Waals surface area (Å²) in [7, 11) is 1.25. The molecule has 9 heavy (non-hydrogen) atoms. The predicted octanol–water partition coefficient (Wildman–Crippen LogP) is -8.00. The van der Waals surface area contributed by atoms with Gasteiger partial charge in [0.15, 0.2) is 0 Å². The van der Waals surface area contributed by atoms with Crippen molar-refractivity contribution in [3.05, 3.63) is 10.8 Å². The SMILES string of the molecule is C[N-]C(=O)[N-]O.[H-].[Rb+].[Rb+].[Rb+]. The quantitative estimate of drug-likeness (QED) is 0.350. The van der Waals surface area contributed by atoms with E-state index in [9.17, 15) is 4.79 Å². The molecule has 0 aromatic heterocycles. The molecule has 0 radical (unpaired) electrons. The van der Waals surface area contributed by atoms with Gasteiger partial charge in [-0.25, -0.2) is 0 Å². The van der Waals surface area contributed by atoms with E-state index in [1.807, 2.05) is 0 Å². The van der Waals surface area contributed by atoms with E-state index in [1.54, 1.807) is 0 Å². The van der Waals surface area contributed by atoms with Crippen LogP contribution < -0.4 is 175 Å². The van der Waals surface area contributed by atoms with Crippen molar-refractivity contribution in [2.24, 2.45) is 0 Å². The number of hydroxylamine groups is 1. The summed E-state index contributed by atoms with van der Waals surface area (Å²) >= 11 is 0. The molecule has 0 aliphatic rings. The number of carbonyl (C=O) groups is 1. The molecule has 2 amide bonds. The molecule has 0 heterocycles.